The van der Waals surface area contributed by atoms with Gasteiger partial charge in [-0.05, 0) is 19.3 Å². The molecule has 0 amide bonds. The zero-order valence-electron chi connectivity index (χ0n) is 7.30. The summed E-state index contributed by atoms with van der Waals surface area (Å²) in [6.07, 6.45) is 4.73. The third-order valence-corrected chi connectivity index (χ3v) is 3.05. The first-order chi connectivity index (χ1) is 5.24. The highest BCUT2D eigenvalue weighted by molar-refractivity contribution is 4.97. The normalized spacial score (nSPS) is 48.5. The van der Waals surface area contributed by atoms with E-state index in [9.17, 15) is 0 Å². The van der Waals surface area contributed by atoms with Crippen LogP contribution in [0.3, 0.4) is 0 Å². The van der Waals surface area contributed by atoms with Crippen molar-refractivity contribution in [3.8, 4) is 0 Å². The molecule has 3 unspecified atom stereocenters. The smallest absolute Gasteiger partial charge is 0.0656 e. The molecule has 0 aromatic heterocycles. The van der Waals surface area contributed by atoms with Crippen LogP contribution in [0.25, 0.3) is 0 Å². The summed E-state index contributed by atoms with van der Waals surface area (Å²) in [5, 5.41) is 0. The fourth-order valence-electron chi connectivity index (χ4n) is 2.50. The second-order valence-electron chi connectivity index (χ2n) is 4.12. The van der Waals surface area contributed by atoms with Gasteiger partial charge in [0.2, 0.25) is 0 Å². The van der Waals surface area contributed by atoms with Crippen LogP contribution in [-0.4, -0.2) is 25.9 Å². The van der Waals surface area contributed by atoms with E-state index >= 15 is 0 Å². The second-order valence-corrected chi connectivity index (χ2v) is 4.12. The zero-order chi connectivity index (χ0) is 7.90. The minimum absolute atomic E-state index is 0.317. The lowest BCUT2D eigenvalue weighted by Gasteiger charge is -2.29. The van der Waals surface area contributed by atoms with Gasteiger partial charge in [0.25, 0.3) is 0 Å². The van der Waals surface area contributed by atoms with Gasteiger partial charge in [-0.25, -0.2) is 0 Å². The molecule has 11 heavy (non-hydrogen) atoms. The predicted molar refractivity (Wildman–Crippen MR) is 42.5 cm³/mol. The van der Waals surface area contributed by atoms with Crippen LogP contribution in [0.4, 0.5) is 0 Å². The van der Waals surface area contributed by atoms with Gasteiger partial charge in [0, 0.05) is 12.5 Å². The van der Waals surface area contributed by atoms with Crippen LogP contribution in [0.5, 0.6) is 0 Å². The summed E-state index contributed by atoms with van der Waals surface area (Å²) < 4.78 is 11.0. The molecule has 2 nitrogen and oxygen atoms in total. The molecule has 0 N–H and O–H groups in total. The molecule has 64 valence electrons. The Kier molecular flexibility index (Phi) is 1.69. The monoisotopic (exact) mass is 156 g/mol. The second kappa shape index (κ2) is 2.46. The third kappa shape index (κ3) is 1.09. The number of fused-ring (bicyclic) bond motifs is 2. The van der Waals surface area contributed by atoms with Gasteiger partial charge >= 0.3 is 0 Å². The molecule has 2 aliphatic rings. The molecule has 0 aromatic rings. The van der Waals surface area contributed by atoms with Crippen LogP contribution in [0, 0.1) is 5.41 Å². The molecule has 2 rings (SSSR count). The summed E-state index contributed by atoms with van der Waals surface area (Å²) in [4.78, 5) is 0. The van der Waals surface area contributed by atoms with Crippen LogP contribution >= 0.6 is 0 Å². The van der Waals surface area contributed by atoms with Crippen molar-refractivity contribution < 1.29 is 9.47 Å². The summed E-state index contributed by atoms with van der Waals surface area (Å²) in [6.45, 7) is 3.13. The van der Waals surface area contributed by atoms with Crippen molar-refractivity contribution in [1.82, 2.24) is 0 Å². The maximum absolute atomic E-state index is 5.76. The van der Waals surface area contributed by atoms with Gasteiger partial charge in [-0.2, -0.15) is 0 Å². The molecule has 0 aromatic carbocycles. The number of methoxy groups -OCH3 is 1. The van der Waals surface area contributed by atoms with Crippen molar-refractivity contribution in [1.29, 1.82) is 0 Å². The van der Waals surface area contributed by atoms with Crippen molar-refractivity contribution >= 4 is 0 Å². The Morgan fingerprint density at radius 3 is 2.82 bits per heavy atom. The van der Waals surface area contributed by atoms with Crippen LogP contribution in [0.15, 0.2) is 0 Å². The summed E-state index contributed by atoms with van der Waals surface area (Å²) >= 11 is 0. The maximum atomic E-state index is 5.76. The van der Waals surface area contributed by atoms with Crippen LogP contribution in [-0.2, 0) is 9.47 Å². The number of ether oxygens (including phenoxy) is 2. The molecule has 0 aliphatic carbocycles. The number of hydrogen-bond acceptors (Lipinski definition) is 2. The average Bonchev–Trinajstić information content (AvgIpc) is 2.45. The predicted octanol–water partition coefficient (Wildman–Crippen LogP) is 1.59. The Hall–Kier alpha value is -0.0800. The first-order valence-electron chi connectivity index (χ1n) is 4.39. The minimum Gasteiger partial charge on any atom is -0.384 e. The lowest BCUT2D eigenvalue weighted by molar-refractivity contribution is 0.0208. The average molecular weight is 156 g/mol. The quantitative estimate of drug-likeness (QED) is 0.604. The van der Waals surface area contributed by atoms with Gasteiger partial charge < -0.3 is 9.47 Å². The molecule has 0 radical (unpaired) electrons. The fourth-order valence-corrected chi connectivity index (χ4v) is 2.50. The molecule has 2 heterocycles. The Morgan fingerprint density at radius 2 is 2.36 bits per heavy atom. The van der Waals surface area contributed by atoms with E-state index in [0.717, 1.165) is 6.61 Å². The topological polar surface area (TPSA) is 18.5 Å². The van der Waals surface area contributed by atoms with E-state index in [-0.39, 0.29) is 0 Å². The lowest BCUT2D eigenvalue weighted by Crippen LogP contribution is -2.33. The summed E-state index contributed by atoms with van der Waals surface area (Å²) in [5.74, 6) is 0. The summed E-state index contributed by atoms with van der Waals surface area (Å²) in [5.41, 5.74) is 0.317. The highest BCUT2D eigenvalue weighted by Gasteiger charge is 2.49. The maximum Gasteiger partial charge on any atom is 0.0656 e. The molecular formula is C9H16O2. The third-order valence-electron chi connectivity index (χ3n) is 3.05. The van der Waals surface area contributed by atoms with Crippen LogP contribution in [0.1, 0.15) is 26.2 Å². The number of rotatable bonds is 2. The van der Waals surface area contributed by atoms with Crippen molar-refractivity contribution in [3.63, 3.8) is 0 Å². The van der Waals surface area contributed by atoms with E-state index in [1.165, 1.54) is 19.3 Å². The molecule has 2 fully saturated rings. The van der Waals surface area contributed by atoms with E-state index < -0.39 is 0 Å². The van der Waals surface area contributed by atoms with E-state index in [0.29, 0.717) is 17.6 Å². The first-order valence-corrected chi connectivity index (χ1v) is 4.39. The molecule has 2 bridgehead atoms. The highest BCUT2D eigenvalue weighted by Crippen LogP contribution is 2.47. The van der Waals surface area contributed by atoms with Gasteiger partial charge in [-0.15, -0.1) is 0 Å². The molecule has 2 heteroatoms. The fraction of sp³-hybridized carbons (Fsp3) is 1.00. The summed E-state index contributed by atoms with van der Waals surface area (Å²) in [6, 6.07) is 0. The SMILES string of the molecule is COCC1(C)CC2CCC1O2. The van der Waals surface area contributed by atoms with E-state index in [1.54, 1.807) is 7.11 Å². The Bertz CT molecular complexity index is 158. The lowest BCUT2D eigenvalue weighted by atomic mass is 9.76. The van der Waals surface area contributed by atoms with Gasteiger partial charge in [0.15, 0.2) is 0 Å². The standard InChI is InChI=1S/C9H16O2/c1-9(6-10-2)5-7-3-4-8(9)11-7/h7-8H,3-6H2,1-2H3. The van der Waals surface area contributed by atoms with E-state index in [1.807, 2.05) is 0 Å². The summed E-state index contributed by atoms with van der Waals surface area (Å²) in [7, 11) is 1.78. The minimum atomic E-state index is 0.317. The number of hydrogen-bond donors (Lipinski definition) is 0. The van der Waals surface area contributed by atoms with Gasteiger partial charge in [-0.1, -0.05) is 6.92 Å². The first kappa shape index (κ1) is 7.56. The molecule has 3 atom stereocenters. The molecular weight excluding hydrogens is 140 g/mol. The molecule has 2 saturated heterocycles. The molecule has 2 aliphatic heterocycles. The molecule has 0 spiro atoms. The van der Waals surface area contributed by atoms with Gasteiger partial charge in [0.05, 0.1) is 18.8 Å². The van der Waals surface area contributed by atoms with E-state index in [2.05, 4.69) is 6.92 Å². The van der Waals surface area contributed by atoms with Crippen LogP contribution in [0.2, 0.25) is 0 Å². The van der Waals surface area contributed by atoms with Gasteiger partial charge in [-0.3, -0.25) is 0 Å². The Balaban J connectivity index is 2.04. The van der Waals surface area contributed by atoms with E-state index in [4.69, 9.17) is 9.47 Å². The zero-order valence-corrected chi connectivity index (χ0v) is 7.30. The van der Waals surface area contributed by atoms with Crippen molar-refractivity contribution in [3.05, 3.63) is 0 Å². The van der Waals surface area contributed by atoms with Crippen LogP contribution < -0.4 is 0 Å². The Morgan fingerprint density at radius 1 is 1.55 bits per heavy atom. The largest absolute Gasteiger partial charge is 0.384 e. The van der Waals surface area contributed by atoms with Crippen molar-refractivity contribution in [2.24, 2.45) is 5.41 Å². The van der Waals surface area contributed by atoms with Gasteiger partial charge in [0.1, 0.15) is 0 Å². The highest BCUT2D eigenvalue weighted by atomic mass is 16.5. The van der Waals surface area contributed by atoms with Crippen molar-refractivity contribution in [2.75, 3.05) is 13.7 Å². The Labute approximate surface area is 67.9 Å². The molecule has 0 saturated carbocycles. The van der Waals surface area contributed by atoms with Crippen molar-refractivity contribution in [2.45, 2.75) is 38.4 Å².